The third-order valence-electron chi connectivity index (χ3n) is 3.13. The average molecular weight is 303 g/mol. The zero-order chi connectivity index (χ0) is 14.9. The number of hydrogen-bond acceptors (Lipinski definition) is 4. The molecular formula is C13H18FNO4S. The van der Waals surface area contributed by atoms with Crippen LogP contribution >= 0.6 is 0 Å². The lowest BCUT2D eigenvalue weighted by atomic mass is 10.3. The number of sulfonamides is 1. The van der Waals surface area contributed by atoms with Crippen molar-refractivity contribution < 1.29 is 22.3 Å². The maximum absolute atomic E-state index is 13.4. The highest BCUT2D eigenvalue weighted by atomic mass is 32.2. The first kappa shape index (κ1) is 15.2. The molecule has 0 radical (unpaired) electrons. The molecule has 0 aromatic heterocycles. The van der Waals surface area contributed by atoms with Gasteiger partial charge in [-0.1, -0.05) is 0 Å². The number of hydrogen-bond donors (Lipinski definition) is 0. The van der Waals surface area contributed by atoms with Gasteiger partial charge in [0.1, 0.15) is 16.5 Å². The molecule has 7 heteroatoms. The summed E-state index contributed by atoms with van der Waals surface area (Å²) < 4.78 is 50.5. The molecule has 2 atom stereocenters. The minimum absolute atomic E-state index is 0.137. The molecule has 112 valence electrons. The highest BCUT2D eigenvalue weighted by Gasteiger charge is 2.34. The predicted octanol–water partition coefficient (Wildman–Crippen LogP) is 1.63. The summed E-state index contributed by atoms with van der Waals surface area (Å²) >= 11 is 0. The number of rotatable bonds is 3. The van der Waals surface area contributed by atoms with Gasteiger partial charge in [-0.2, -0.15) is 4.31 Å². The molecule has 0 unspecified atom stereocenters. The van der Waals surface area contributed by atoms with Crippen LogP contribution in [-0.2, 0) is 14.8 Å². The van der Waals surface area contributed by atoms with Gasteiger partial charge in [0.25, 0.3) is 0 Å². The van der Waals surface area contributed by atoms with Crippen molar-refractivity contribution in [1.29, 1.82) is 0 Å². The smallest absolute Gasteiger partial charge is 0.247 e. The van der Waals surface area contributed by atoms with E-state index in [9.17, 15) is 12.8 Å². The summed E-state index contributed by atoms with van der Waals surface area (Å²) in [5.74, 6) is -0.475. The van der Waals surface area contributed by atoms with E-state index in [1.54, 1.807) is 13.8 Å². The van der Waals surface area contributed by atoms with Crippen molar-refractivity contribution in [2.24, 2.45) is 0 Å². The second-order valence-corrected chi connectivity index (χ2v) is 6.78. The molecule has 20 heavy (non-hydrogen) atoms. The molecule has 0 spiro atoms. The van der Waals surface area contributed by atoms with E-state index in [1.165, 1.54) is 23.5 Å². The molecular weight excluding hydrogens is 285 g/mol. The van der Waals surface area contributed by atoms with Crippen LogP contribution in [0.5, 0.6) is 5.75 Å². The molecule has 1 aromatic carbocycles. The summed E-state index contributed by atoms with van der Waals surface area (Å²) in [6.45, 7) is 4.10. The van der Waals surface area contributed by atoms with E-state index in [2.05, 4.69) is 0 Å². The number of benzene rings is 1. The van der Waals surface area contributed by atoms with Crippen LogP contribution in [0, 0.1) is 5.82 Å². The highest BCUT2D eigenvalue weighted by Crippen LogP contribution is 2.29. The Morgan fingerprint density at radius 1 is 1.30 bits per heavy atom. The number of methoxy groups -OCH3 is 1. The molecule has 0 aliphatic carbocycles. The predicted molar refractivity (Wildman–Crippen MR) is 71.7 cm³/mol. The van der Waals surface area contributed by atoms with Gasteiger partial charge in [0.15, 0.2) is 0 Å². The molecule has 1 aromatic rings. The first-order chi connectivity index (χ1) is 9.34. The summed E-state index contributed by atoms with van der Waals surface area (Å²) in [5, 5.41) is 0. The molecule has 2 rings (SSSR count). The molecule has 1 aliphatic rings. The Bertz CT molecular complexity index is 580. The minimum atomic E-state index is -3.80. The minimum Gasteiger partial charge on any atom is -0.495 e. The van der Waals surface area contributed by atoms with Crippen molar-refractivity contribution >= 4 is 10.0 Å². The lowest BCUT2D eigenvalue weighted by molar-refractivity contribution is -0.0441. The van der Waals surface area contributed by atoms with Gasteiger partial charge in [0.05, 0.1) is 19.3 Å². The Balaban J connectivity index is 2.42. The summed E-state index contributed by atoms with van der Waals surface area (Å²) in [7, 11) is -2.45. The van der Waals surface area contributed by atoms with E-state index >= 15 is 0 Å². The molecule has 0 bridgehead atoms. The fourth-order valence-electron chi connectivity index (χ4n) is 2.32. The van der Waals surface area contributed by atoms with E-state index in [-0.39, 0.29) is 35.9 Å². The molecule has 1 saturated heterocycles. The van der Waals surface area contributed by atoms with Gasteiger partial charge in [-0.3, -0.25) is 0 Å². The van der Waals surface area contributed by atoms with Crippen LogP contribution in [0.4, 0.5) is 4.39 Å². The molecule has 0 amide bonds. The van der Waals surface area contributed by atoms with E-state index in [4.69, 9.17) is 9.47 Å². The lowest BCUT2D eigenvalue weighted by Gasteiger charge is -2.34. The molecule has 0 N–H and O–H groups in total. The van der Waals surface area contributed by atoms with Gasteiger partial charge in [-0.15, -0.1) is 0 Å². The zero-order valence-electron chi connectivity index (χ0n) is 11.7. The topological polar surface area (TPSA) is 55.8 Å². The van der Waals surface area contributed by atoms with Crippen molar-refractivity contribution in [2.75, 3.05) is 20.2 Å². The van der Waals surface area contributed by atoms with E-state index in [0.717, 1.165) is 6.07 Å². The molecule has 0 saturated carbocycles. The zero-order valence-corrected chi connectivity index (χ0v) is 12.5. The summed E-state index contributed by atoms with van der Waals surface area (Å²) in [6, 6.07) is 3.47. The van der Waals surface area contributed by atoms with Gasteiger partial charge in [-0.25, -0.2) is 12.8 Å². The fourth-order valence-corrected chi connectivity index (χ4v) is 4.08. The number of halogens is 1. The standard InChI is InChI=1S/C13H18FNO4S/c1-9-7-15(8-10(2)19-9)20(16,17)13-6-11(14)4-5-12(13)18-3/h4-6,9-10H,7-8H2,1-3H3/t9-,10-/m0/s1. The molecule has 1 aliphatic heterocycles. The Kier molecular flexibility index (Phi) is 4.31. The molecule has 5 nitrogen and oxygen atoms in total. The van der Waals surface area contributed by atoms with Crippen LogP contribution in [0.1, 0.15) is 13.8 Å². The van der Waals surface area contributed by atoms with Gasteiger partial charge < -0.3 is 9.47 Å². The van der Waals surface area contributed by atoms with E-state index < -0.39 is 15.8 Å². The third kappa shape index (κ3) is 2.94. The van der Waals surface area contributed by atoms with Crippen LogP contribution in [0.25, 0.3) is 0 Å². The van der Waals surface area contributed by atoms with Crippen molar-refractivity contribution in [2.45, 2.75) is 31.0 Å². The maximum atomic E-state index is 13.4. The highest BCUT2D eigenvalue weighted by molar-refractivity contribution is 7.89. The lowest BCUT2D eigenvalue weighted by Crippen LogP contribution is -2.48. The van der Waals surface area contributed by atoms with E-state index in [1.807, 2.05) is 0 Å². The van der Waals surface area contributed by atoms with Crippen molar-refractivity contribution in [3.05, 3.63) is 24.0 Å². The van der Waals surface area contributed by atoms with Gasteiger partial charge in [-0.05, 0) is 32.0 Å². The van der Waals surface area contributed by atoms with Gasteiger partial charge in [0.2, 0.25) is 10.0 Å². The van der Waals surface area contributed by atoms with Crippen molar-refractivity contribution in [1.82, 2.24) is 4.31 Å². The second kappa shape index (κ2) is 5.67. The fraction of sp³-hybridized carbons (Fsp3) is 0.538. The Morgan fingerprint density at radius 2 is 1.90 bits per heavy atom. The van der Waals surface area contributed by atoms with Crippen LogP contribution in [-0.4, -0.2) is 45.1 Å². The van der Waals surface area contributed by atoms with Crippen LogP contribution < -0.4 is 4.74 Å². The quantitative estimate of drug-likeness (QED) is 0.851. The summed E-state index contributed by atoms with van der Waals surface area (Å²) in [4.78, 5) is -0.152. The second-order valence-electron chi connectivity index (χ2n) is 4.87. The first-order valence-electron chi connectivity index (χ1n) is 6.33. The summed E-state index contributed by atoms with van der Waals surface area (Å²) in [6.07, 6.45) is -0.402. The third-order valence-corrected chi connectivity index (χ3v) is 4.98. The number of ether oxygens (including phenoxy) is 2. The first-order valence-corrected chi connectivity index (χ1v) is 7.77. The maximum Gasteiger partial charge on any atom is 0.247 e. The Labute approximate surface area is 118 Å². The molecule has 1 heterocycles. The van der Waals surface area contributed by atoms with Crippen LogP contribution in [0.15, 0.2) is 23.1 Å². The van der Waals surface area contributed by atoms with Crippen molar-refractivity contribution in [3.63, 3.8) is 0 Å². The Morgan fingerprint density at radius 3 is 2.45 bits per heavy atom. The van der Waals surface area contributed by atoms with Gasteiger partial charge in [0, 0.05) is 13.1 Å². The SMILES string of the molecule is COc1ccc(F)cc1S(=O)(=O)N1C[C@H](C)O[C@@H](C)C1. The van der Waals surface area contributed by atoms with Gasteiger partial charge >= 0.3 is 0 Å². The normalized spacial score (nSPS) is 24.6. The van der Waals surface area contributed by atoms with E-state index in [0.29, 0.717) is 0 Å². The average Bonchev–Trinajstić information content (AvgIpc) is 2.37. The Hall–Kier alpha value is -1.18. The number of morpholine rings is 1. The molecule has 1 fully saturated rings. The monoisotopic (exact) mass is 303 g/mol. The largest absolute Gasteiger partial charge is 0.495 e. The summed E-state index contributed by atoms with van der Waals surface area (Å²) in [5.41, 5.74) is 0. The number of nitrogens with zero attached hydrogens (tertiary/aromatic N) is 1. The van der Waals surface area contributed by atoms with Crippen LogP contribution in [0.3, 0.4) is 0 Å². The van der Waals surface area contributed by atoms with Crippen molar-refractivity contribution in [3.8, 4) is 5.75 Å². The van der Waals surface area contributed by atoms with Crippen LogP contribution in [0.2, 0.25) is 0 Å².